The second-order valence-electron chi connectivity index (χ2n) is 4.77. The van der Waals surface area contributed by atoms with E-state index in [-0.39, 0.29) is 0 Å². The molecule has 0 atom stereocenters. The van der Waals surface area contributed by atoms with Crippen molar-refractivity contribution in [3.63, 3.8) is 0 Å². The van der Waals surface area contributed by atoms with Gasteiger partial charge in [0.15, 0.2) is 0 Å². The van der Waals surface area contributed by atoms with Crippen molar-refractivity contribution in [1.82, 2.24) is 4.72 Å². The average Bonchev–Trinajstić information content (AvgIpc) is 2.98. The van der Waals surface area contributed by atoms with Crippen molar-refractivity contribution in [2.45, 2.75) is 31.1 Å². The Hall–Kier alpha value is -0.870. The Morgan fingerprint density at radius 3 is 2.44 bits per heavy atom. The van der Waals surface area contributed by atoms with E-state index in [0.29, 0.717) is 16.9 Å². The van der Waals surface area contributed by atoms with Gasteiger partial charge in [-0.15, -0.1) is 0 Å². The van der Waals surface area contributed by atoms with Crippen molar-refractivity contribution in [3.05, 3.63) is 30.3 Å². The van der Waals surface area contributed by atoms with Gasteiger partial charge in [0.05, 0.1) is 4.90 Å². The van der Waals surface area contributed by atoms with Crippen molar-refractivity contribution < 1.29 is 8.42 Å². The first-order chi connectivity index (χ1) is 7.52. The lowest BCUT2D eigenvalue weighted by Gasteiger charge is -2.09. The van der Waals surface area contributed by atoms with E-state index in [1.807, 2.05) is 6.07 Å². The third kappa shape index (κ3) is 2.83. The Morgan fingerprint density at radius 1 is 1.25 bits per heavy atom. The van der Waals surface area contributed by atoms with E-state index in [2.05, 4.69) is 11.6 Å². The summed E-state index contributed by atoms with van der Waals surface area (Å²) in [6.45, 7) is 2.73. The van der Waals surface area contributed by atoms with Crippen LogP contribution in [0.1, 0.15) is 26.2 Å². The zero-order chi connectivity index (χ0) is 11.6. The predicted octanol–water partition coefficient (Wildman–Crippen LogP) is 2.16. The summed E-state index contributed by atoms with van der Waals surface area (Å²) < 4.78 is 26.3. The quantitative estimate of drug-likeness (QED) is 0.855. The smallest absolute Gasteiger partial charge is 0.211 e. The molecule has 0 heterocycles. The van der Waals surface area contributed by atoms with Gasteiger partial charge in [0.1, 0.15) is 0 Å². The summed E-state index contributed by atoms with van der Waals surface area (Å²) >= 11 is 0. The lowest BCUT2D eigenvalue weighted by Crippen LogP contribution is -2.26. The van der Waals surface area contributed by atoms with Crippen LogP contribution in [0.2, 0.25) is 0 Å². The summed E-state index contributed by atoms with van der Waals surface area (Å²) in [5.41, 5.74) is 0.388. The van der Waals surface area contributed by atoms with Gasteiger partial charge < -0.3 is 0 Å². The molecule has 0 amide bonds. The molecule has 16 heavy (non-hydrogen) atoms. The number of nitrogens with one attached hydrogen (secondary N) is 1. The molecule has 1 saturated carbocycles. The molecule has 1 aliphatic rings. The molecular weight excluding hydrogens is 222 g/mol. The first kappa shape index (κ1) is 11.6. The van der Waals surface area contributed by atoms with Crippen LogP contribution in [0, 0.1) is 5.41 Å². The van der Waals surface area contributed by atoms with Crippen molar-refractivity contribution in [1.29, 1.82) is 0 Å². The fraction of sp³-hybridized carbons (Fsp3) is 0.500. The molecule has 0 bridgehead atoms. The van der Waals surface area contributed by atoms with Crippen LogP contribution in [-0.2, 0) is 10.0 Å². The predicted molar refractivity (Wildman–Crippen MR) is 63.6 cm³/mol. The van der Waals surface area contributed by atoms with Gasteiger partial charge in [0.2, 0.25) is 10.0 Å². The highest BCUT2D eigenvalue weighted by atomic mass is 32.2. The minimum atomic E-state index is -3.30. The third-order valence-corrected chi connectivity index (χ3v) is 4.65. The maximum atomic E-state index is 11.8. The Balaban J connectivity index is 1.93. The standard InChI is InChI=1S/C12H17NO2S/c1-12(7-8-12)9-10-13-16(14,15)11-5-3-2-4-6-11/h2-6,13H,7-10H2,1H3. The molecule has 1 aliphatic carbocycles. The molecular formula is C12H17NO2S. The summed E-state index contributed by atoms with van der Waals surface area (Å²) in [5, 5.41) is 0. The minimum Gasteiger partial charge on any atom is -0.211 e. The van der Waals surface area contributed by atoms with Gasteiger partial charge in [-0.2, -0.15) is 0 Å². The Labute approximate surface area is 96.9 Å². The fourth-order valence-electron chi connectivity index (χ4n) is 1.63. The van der Waals surface area contributed by atoms with Gasteiger partial charge in [-0.25, -0.2) is 13.1 Å². The van der Waals surface area contributed by atoms with Crippen LogP contribution in [0.15, 0.2) is 35.2 Å². The molecule has 1 aromatic carbocycles. The van der Waals surface area contributed by atoms with Crippen LogP contribution in [0.5, 0.6) is 0 Å². The van der Waals surface area contributed by atoms with Crippen LogP contribution in [0.4, 0.5) is 0 Å². The maximum absolute atomic E-state index is 11.8. The summed E-state index contributed by atoms with van der Waals surface area (Å²) in [6.07, 6.45) is 3.37. The van der Waals surface area contributed by atoms with Crippen molar-refractivity contribution in [2.24, 2.45) is 5.41 Å². The second kappa shape index (κ2) is 4.18. The lowest BCUT2D eigenvalue weighted by atomic mass is 10.1. The van der Waals surface area contributed by atoms with E-state index in [4.69, 9.17) is 0 Å². The van der Waals surface area contributed by atoms with E-state index in [1.165, 1.54) is 12.8 Å². The molecule has 0 aromatic heterocycles. The van der Waals surface area contributed by atoms with E-state index in [9.17, 15) is 8.42 Å². The topological polar surface area (TPSA) is 46.2 Å². The van der Waals surface area contributed by atoms with Gasteiger partial charge in [-0.05, 0) is 36.8 Å². The Bertz CT molecular complexity index is 449. The molecule has 0 unspecified atom stereocenters. The van der Waals surface area contributed by atoms with Crippen molar-refractivity contribution >= 4 is 10.0 Å². The van der Waals surface area contributed by atoms with Gasteiger partial charge >= 0.3 is 0 Å². The first-order valence-electron chi connectivity index (χ1n) is 5.57. The maximum Gasteiger partial charge on any atom is 0.240 e. The minimum absolute atomic E-state index is 0.343. The molecule has 88 valence electrons. The number of sulfonamides is 1. The van der Waals surface area contributed by atoms with Crippen molar-refractivity contribution in [3.8, 4) is 0 Å². The molecule has 1 aromatic rings. The number of rotatable bonds is 5. The second-order valence-corrected chi connectivity index (χ2v) is 6.54. The highest BCUT2D eigenvalue weighted by Crippen LogP contribution is 2.47. The summed E-state index contributed by atoms with van der Waals surface area (Å²) in [6, 6.07) is 8.50. The van der Waals surface area contributed by atoms with Crippen LogP contribution in [0.3, 0.4) is 0 Å². The first-order valence-corrected chi connectivity index (χ1v) is 7.05. The highest BCUT2D eigenvalue weighted by molar-refractivity contribution is 7.89. The average molecular weight is 239 g/mol. The molecule has 1 fully saturated rings. The van der Waals surface area contributed by atoms with Crippen molar-refractivity contribution in [2.75, 3.05) is 6.54 Å². The number of hydrogen-bond donors (Lipinski definition) is 1. The van der Waals surface area contributed by atoms with Crippen LogP contribution < -0.4 is 4.72 Å². The molecule has 0 radical (unpaired) electrons. The Kier molecular flexibility index (Phi) is 3.04. The van der Waals surface area contributed by atoms with Crippen LogP contribution >= 0.6 is 0 Å². The van der Waals surface area contributed by atoms with Crippen LogP contribution in [0.25, 0.3) is 0 Å². The van der Waals surface area contributed by atoms with E-state index in [1.54, 1.807) is 24.3 Å². The van der Waals surface area contributed by atoms with Gasteiger partial charge in [0.25, 0.3) is 0 Å². The monoisotopic (exact) mass is 239 g/mol. The lowest BCUT2D eigenvalue weighted by molar-refractivity contribution is 0.507. The molecule has 2 rings (SSSR count). The molecule has 0 aliphatic heterocycles. The molecule has 1 N–H and O–H groups in total. The SMILES string of the molecule is CC1(CCNS(=O)(=O)c2ccccc2)CC1. The molecule has 0 saturated heterocycles. The van der Waals surface area contributed by atoms with E-state index < -0.39 is 10.0 Å². The molecule has 4 heteroatoms. The number of benzene rings is 1. The van der Waals surface area contributed by atoms with E-state index in [0.717, 1.165) is 6.42 Å². The summed E-state index contributed by atoms with van der Waals surface area (Å²) in [5.74, 6) is 0. The van der Waals surface area contributed by atoms with Gasteiger partial charge in [-0.3, -0.25) is 0 Å². The molecule has 3 nitrogen and oxygen atoms in total. The zero-order valence-electron chi connectivity index (χ0n) is 9.44. The van der Waals surface area contributed by atoms with Gasteiger partial charge in [0, 0.05) is 6.54 Å². The van der Waals surface area contributed by atoms with E-state index >= 15 is 0 Å². The highest BCUT2D eigenvalue weighted by Gasteiger charge is 2.36. The largest absolute Gasteiger partial charge is 0.240 e. The Morgan fingerprint density at radius 2 is 1.88 bits per heavy atom. The third-order valence-electron chi connectivity index (χ3n) is 3.18. The summed E-state index contributed by atoms with van der Waals surface area (Å²) in [4.78, 5) is 0.343. The molecule has 0 spiro atoms. The summed E-state index contributed by atoms with van der Waals surface area (Å²) in [7, 11) is -3.30. The zero-order valence-corrected chi connectivity index (χ0v) is 10.3. The fourth-order valence-corrected chi connectivity index (χ4v) is 2.69. The number of hydrogen-bond acceptors (Lipinski definition) is 2. The van der Waals surface area contributed by atoms with Gasteiger partial charge in [-0.1, -0.05) is 25.1 Å². The normalized spacial score (nSPS) is 18.3. The van der Waals surface area contributed by atoms with Crippen LogP contribution in [-0.4, -0.2) is 15.0 Å².